The van der Waals surface area contributed by atoms with Crippen molar-refractivity contribution in [1.29, 1.82) is 0 Å². The lowest BCUT2D eigenvalue weighted by molar-refractivity contribution is -0.137. The van der Waals surface area contributed by atoms with Crippen LogP contribution < -0.4 is 4.72 Å². The average molecular weight is 432 g/mol. The molecule has 1 N–H and O–H groups in total. The van der Waals surface area contributed by atoms with E-state index in [1.54, 1.807) is 18.4 Å². The summed E-state index contributed by atoms with van der Waals surface area (Å²) in [6.07, 6.45) is -4.47. The lowest BCUT2D eigenvalue weighted by atomic mass is 10.2. The first kappa shape index (κ1) is 20.6. The molecule has 0 fully saturated rings. The van der Waals surface area contributed by atoms with Gasteiger partial charge in [0.25, 0.3) is 0 Å². The second kappa shape index (κ2) is 7.38. The molecule has 0 spiro atoms. The van der Waals surface area contributed by atoms with Gasteiger partial charge in [0, 0.05) is 11.6 Å². The monoisotopic (exact) mass is 431 g/mol. The number of aryl methyl sites for hydroxylation is 1. The molecule has 1 atom stereocenters. The van der Waals surface area contributed by atoms with Crippen molar-refractivity contribution >= 4 is 32.7 Å². The number of nitrogens with zero attached hydrogens (tertiary/aromatic N) is 2. The predicted octanol–water partition coefficient (Wildman–Crippen LogP) is 4.77. The zero-order chi connectivity index (χ0) is 20.7. The van der Waals surface area contributed by atoms with Crippen LogP contribution in [0.4, 0.5) is 13.2 Å². The number of halogens is 4. The van der Waals surface area contributed by atoms with Gasteiger partial charge in [-0.05, 0) is 56.3 Å². The van der Waals surface area contributed by atoms with E-state index < -0.39 is 27.8 Å². The van der Waals surface area contributed by atoms with Crippen LogP contribution in [0, 0.1) is 0 Å². The van der Waals surface area contributed by atoms with Gasteiger partial charge in [0.1, 0.15) is 5.82 Å². The van der Waals surface area contributed by atoms with Gasteiger partial charge in [0.05, 0.1) is 27.5 Å². The Morgan fingerprint density at radius 2 is 1.82 bits per heavy atom. The van der Waals surface area contributed by atoms with E-state index in [1.807, 2.05) is 0 Å². The molecule has 2 aromatic carbocycles. The lowest BCUT2D eigenvalue weighted by Crippen LogP contribution is -2.28. The second-order valence-electron chi connectivity index (χ2n) is 6.21. The number of nitrogens with one attached hydrogen (secondary N) is 1. The Labute approximate surface area is 165 Å². The normalized spacial score (nSPS) is 13.8. The van der Waals surface area contributed by atoms with Crippen LogP contribution >= 0.6 is 11.6 Å². The van der Waals surface area contributed by atoms with Crippen molar-refractivity contribution < 1.29 is 21.6 Å². The molecule has 0 bridgehead atoms. The van der Waals surface area contributed by atoms with Crippen molar-refractivity contribution in [2.45, 2.75) is 37.5 Å². The lowest BCUT2D eigenvalue weighted by Gasteiger charge is -2.16. The van der Waals surface area contributed by atoms with Gasteiger partial charge >= 0.3 is 6.18 Å². The Hall–Kier alpha value is -2.10. The summed E-state index contributed by atoms with van der Waals surface area (Å²) >= 11 is 5.78. The summed E-state index contributed by atoms with van der Waals surface area (Å²) in [6, 6.07) is 8.17. The van der Waals surface area contributed by atoms with Gasteiger partial charge in [-0.1, -0.05) is 11.6 Å². The number of hydrogen-bond donors (Lipinski definition) is 1. The summed E-state index contributed by atoms with van der Waals surface area (Å²) in [5.41, 5.74) is -0.122. The van der Waals surface area contributed by atoms with Crippen molar-refractivity contribution in [3.63, 3.8) is 0 Å². The van der Waals surface area contributed by atoms with Gasteiger partial charge in [-0.15, -0.1) is 0 Å². The number of fused-ring (bicyclic) bond motifs is 1. The van der Waals surface area contributed by atoms with Gasteiger partial charge < -0.3 is 4.57 Å². The maximum atomic E-state index is 13.0. The van der Waals surface area contributed by atoms with Gasteiger partial charge in [0.15, 0.2) is 0 Å². The summed E-state index contributed by atoms with van der Waals surface area (Å²) in [4.78, 5) is 4.38. The maximum Gasteiger partial charge on any atom is 0.416 e. The number of alkyl halides is 3. The molecule has 10 heteroatoms. The fourth-order valence-corrected chi connectivity index (χ4v) is 4.28. The second-order valence-corrected chi connectivity index (χ2v) is 8.36. The fourth-order valence-electron chi connectivity index (χ4n) is 2.95. The van der Waals surface area contributed by atoms with Crippen LogP contribution in [0.2, 0.25) is 5.02 Å². The fraction of sp³-hybridized carbons (Fsp3) is 0.278. The molecule has 3 aromatic rings. The zero-order valence-electron chi connectivity index (χ0n) is 15.0. The summed E-state index contributed by atoms with van der Waals surface area (Å²) in [5.74, 6) is 0.328. The molecule has 0 aliphatic heterocycles. The van der Waals surface area contributed by atoms with Crippen molar-refractivity contribution in [3.8, 4) is 0 Å². The molecule has 0 aliphatic carbocycles. The minimum absolute atomic E-state index is 0.0299. The molecular weight excluding hydrogens is 415 g/mol. The third kappa shape index (κ3) is 4.01. The molecule has 0 saturated carbocycles. The van der Waals surface area contributed by atoms with Crippen LogP contribution in [0.5, 0.6) is 0 Å². The van der Waals surface area contributed by atoms with Crippen molar-refractivity contribution in [3.05, 3.63) is 58.9 Å². The highest BCUT2D eigenvalue weighted by atomic mass is 35.5. The molecule has 1 aromatic heterocycles. The third-order valence-corrected chi connectivity index (χ3v) is 6.07. The van der Waals surface area contributed by atoms with Crippen LogP contribution in [0.1, 0.15) is 31.3 Å². The molecule has 150 valence electrons. The topological polar surface area (TPSA) is 64.0 Å². The Morgan fingerprint density at radius 1 is 1.18 bits per heavy atom. The molecule has 28 heavy (non-hydrogen) atoms. The van der Waals surface area contributed by atoms with E-state index in [9.17, 15) is 21.6 Å². The molecule has 5 nitrogen and oxygen atoms in total. The Kier molecular flexibility index (Phi) is 5.44. The zero-order valence-corrected chi connectivity index (χ0v) is 16.5. The van der Waals surface area contributed by atoms with Gasteiger partial charge in [-0.3, -0.25) is 0 Å². The van der Waals surface area contributed by atoms with Gasteiger partial charge in [0.2, 0.25) is 10.0 Å². The summed E-state index contributed by atoms with van der Waals surface area (Å²) in [6.45, 7) is 3.68. The molecule has 1 heterocycles. The number of hydrogen-bond acceptors (Lipinski definition) is 3. The molecular formula is C18H17ClF3N3O2S. The molecule has 0 amide bonds. The molecule has 0 saturated heterocycles. The molecule has 3 rings (SSSR count). The molecule has 0 unspecified atom stereocenters. The highest BCUT2D eigenvalue weighted by molar-refractivity contribution is 7.89. The van der Waals surface area contributed by atoms with E-state index in [1.165, 1.54) is 30.3 Å². The highest BCUT2D eigenvalue weighted by Gasteiger charge is 2.31. The minimum atomic E-state index is -4.47. The molecule has 0 radical (unpaired) electrons. The van der Waals surface area contributed by atoms with Crippen LogP contribution in [0.25, 0.3) is 11.0 Å². The van der Waals surface area contributed by atoms with E-state index >= 15 is 0 Å². The minimum Gasteiger partial charge on any atom is -0.327 e. The average Bonchev–Trinajstić information content (AvgIpc) is 2.99. The summed E-state index contributed by atoms with van der Waals surface area (Å²) in [5, 5.41) is 0.403. The van der Waals surface area contributed by atoms with E-state index in [4.69, 9.17) is 11.6 Å². The first-order valence-corrected chi connectivity index (χ1v) is 10.2. The Balaban J connectivity index is 1.99. The van der Waals surface area contributed by atoms with Crippen LogP contribution in [-0.2, 0) is 22.7 Å². The smallest absolute Gasteiger partial charge is 0.327 e. The van der Waals surface area contributed by atoms with E-state index in [-0.39, 0.29) is 4.90 Å². The van der Waals surface area contributed by atoms with Gasteiger partial charge in [-0.2, -0.15) is 13.2 Å². The largest absolute Gasteiger partial charge is 0.416 e. The summed E-state index contributed by atoms with van der Waals surface area (Å²) in [7, 11) is -3.86. The third-order valence-electron chi connectivity index (χ3n) is 4.26. The first-order valence-electron chi connectivity index (χ1n) is 8.38. The van der Waals surface area contributed by atoms with Crippen molar-refractivity contribution in [2.24, 2.45) is 0 Å². The molecule has 0 aliphatic rings. The Morgan fingerprint density at radius 3 is 2.39 bits per heavy atom. The predicted molar refractivity (Wildman–Crippen MR) is 101 cm³/mol. The first-order chi connectivity index (χ1) is 13.0. The SMILES string of the molecule is CCn1c([C@H](C)NS(=O)(=O)c2ccc(Cl)cc2)nc2ccc(C(F)(F)F)cc21. The van der Waals surface area contributed by atoms with E-state index in [2.05, 4.69) is 9.71 Å². The van der Waals surface area contributed by atoms with Crippen LogP contribution in [-0.4, -0.2) is 18.0 Å². The number of aromatic nitrogens is 2. The van der Waals surface area contributed by atoms with E-state index in [0.29, 0.717) is 28.4 Å². The number of rotatable bonds is 5. The van der Waals surface area contributed by atoms with Crippen molar-refractivity contribution in [2.75, 3.05) is 0 Å². The van der Waals surface area contributed by atoms with E-state index in [0.717, 1.165) is 12.1 Å². The van der Waals surface area contributed by atoms with Crippen LogP contribution in [0.3, 0.4) is 0 Å². The maximum absolute atomic E-state index is 13.0. The number of imidazole rings is 1. The standard InChI is InChI=1S/C18H17ClF3N3O2S/c1-3-25-16-10-12(18(20,21)22)4-9-15(16)23-17(25)11(2)24-28(26,27)14-7-5-13(19)6-8-14/h4-11,24H,3H2,1-2H3/t11-/m0/s1. The van der Waals surface area contributed by atoms with Gasteiger partial charge in [-0.25, -0.2) is 18.1 Å². The highest BCUT2D eigenvalue weighted by Crippen LogP contribution is 2.32. The number of sulfonamides is 1. The quantitative estimate of drug-likeness (QED) is 0.633. The summed E-state index contributed by atoms with van der Waals surface area (Å²) < 4.78 is 68.3. The Bertz CT molecular complexity index is 1110. The van der Waals surface area contributed by atoms with Crippen molar-refractivity contribution in [1.82, 2.24) is 14.3 Å². The van der Waals surface area contributed by atoms with Crippen LogP contribution in [0.15, 0.2) is 47.4 Å². The number of benzene rings is 2.